The normalized spacial score (nSPS) is 26.3. The van der Waals surface area contributed by atoms with Gasteiger partial charge in [0.2, 0.25) is 0 Å². The minimum Gasteiger partial charge on any atom is -0.494 e. The van der Waals surface area contributed by atoms with Crippen LogP contribution in [-0.2, 0) is 6.54 Å². The summed E-state index contributed by atoms with van der Waals surface area (Å²) in [6.45, 7) is 6.46. The lowest BCUT2D eigenvalue weighted by Gasteiger charge is -2.29. The highest BCUT2D eigenvalue weighted by atomic mass is 16.5. The van der Waals surface area contributed by atoms with Gasteiger partial charge in [0.25, 0.3) is 0 Å². The van der Waals surface area contributed by atoms with Crippen molar-refractivity contribution < 1.29 is 4.74 Å². The first kappa shape index (κ1) is 14.9. The van der Waals surface area contributed by atoms with Gasteiger partial charge in [-0.15, -0.1) is 0 Å². The largest absolute Gasteiger partial charge is 0.494 e. The van der Waals surface area contributed by atoms with E-state index in [1.54, 1.807) is 0 Å². The number of nitrogens with zero attached hydrogens (tertiary/aromatic N) is 1. The van der Waals surface area contributed by atoms with Gasteiger partial charge >= 0.3 is 0 Å². The molecule has 0 saturated carbocycles. The Morgan fingerprint density at radius 3 is 3.05 bits per heavy atom. The van der Waals surface area contributed by atoms with Crippen LogP contribution in [0.25, 0.3) is 0 Å². The Hall–Kier alpha value is -1.06. The summed E-state index contributed by atoms with van der Waals surface area (Å²) >= 11 is 0. The van der Waals surface area contributed by atoms with Crippen molar-refractivity contribution in [1.82, 2.24) is 10.2 Å². The predicted molar refractivity (Wildman–Crippen MR) is 86.7 cm³/mol. The Morgan fingerprint density at radius 1 is 1.29 bits per heavy atom. The molecule has 0 aliphatic carbocycles. The van der Waals surface area contributed by atoms with E-state index >= 15 is 0 Å². The van der Waals surface area contributed by atoms with Crippen LogP contribution >= 0.6 is 0 Å². The number of ether oxygens (including phenoxy) is 1. The zero-order chi connectivity index (χ0) is 14.5. The smallest absolute Gasteiger partial charge is 0.119 e. The number of hydrogen-bond donors (Lipinski definition) is 1. The first-order valence-corrected chi connectivity index (χ1v) is 8.56. The minimum absolute atomic E-state index is 0.715. The third-order valence-corrected chi connectivity index (χ3v) is 4.73. The summed E-state index contributed by atoms with van der Waals surface area (Å²) in [7, 11) is 0. The van der Waals surface area contributed by atoms with Crippen LogP contribution in [0, 0.1) is 0 Å². The lowest BCUT2D eigenvalue weighted by atomic mass is 10.0. The fourth-order valence-corrected chi connectivity index (χ4v) is 3.73. The van der Waals surface area contributed by atoms with Crippen LogP contribution in [0.4, 0.5) is 0 Å². The summed E-state index contributed by atoms with van der Waals surface area (Å²) in [5, 5.41) is 3.69. The van der Waals surface area contributed by atoms with Crippen LogP contribution in [0.3, 0.4) is 0 Å². The molecule has 2 fully saturated rings. The molecule has 116 valence electrons. The molecule has 0 bridgehead atoms. The summed E-state index contributed by atoms with van der Waals surface area (Å²) in [4.78, 5) is 2.67. The quantitative estimate of drug-likeness (QED) is 0.870. The topological polar surface area (TPSA) is 24.5 Å². The second-order valence-corrected chi connectivity index (χ2v) is 6.38. The highest BCUT2D eigenvalue weighted by Crippen LogP contribution is 2.27. The Bertz CT molecular complexity index is 443. The van der Waals surface area contributed by atoms with E-state index in [9.17, 15) is 0 Å². The molecular weight excluding hydrogens is 260 g/mol. The fourth-order valence-electron chi connectivity index (χ4n) is 3.73. The molecule has 2 aliphatic rings. The molecule has 3 rings (SSSR count). The SMILES string of the molecule is CCCOc1cccc(CN2CCCC2C2CCCN2)c1. The van der Waals surface area contributed by atoms with Crippen molar-refractivity contribution >= 4 is 0 Å². The molecule has 2 saturated heterocycles. The van der Waals surface area contributed by atoms with E-state index in [0.29, 0.717) is 6.04 Å². The van der Waals surface area contributed by atoms with Crippen molar-refractivity contribution in [1.29, 1.82) is 0 Å². The van der Waals surface area contributed by atoms with E-state index in [1.165, 1.54) is 44.3 Å². The molecule has 1 aromatic carbocycles. The standard InChI is InChI=1S/C18H28N2O/c1-2-12-21-16-7-3-6-15(13-16)14-20-11-5-9-18(20)17-8-4-10-19-17/h3,6-7,13,17-19H,2,4-5,8-12,14H2,1H3. The molecule has 1 N–H and O–H groups in total. The number of likely N-dealkylation sites (tertiary alicyclic amines) is 1. The van der Waals surface area contributed by atoms with Gasteiger partial charge in [-0.05, 0) is 62.9 Å². The van der Waals surface area contributed by atoms with Crippen molar-refractivity contribution in [3.63, 3.8) is 0 Å². The molecule has 2 heterocycles. The highest BCUT2D eigenvalue weighted by molar-refractivity contribution is 5.28. The van der Waals surface area contributed by atoms with E-state index in [4.69, 9.17) is 4.74 Å². The van der Waals surface area contributed by atoms with Crippen LogP contribution < -0.4 is 10.1 Å². The maximum absolute atomic E-state index is 5.76. The van der Waals surface area contributed by atoms with Crippen molar-refractivity contribution in [2.75, 3.05) is 19.7 Å². The second kappa shape index (κ2) is 7.28. The second-order valence-electron chi connectivity index (χ2n) is 6.38. The van der Waals surface area contributed by atoms with Gasteiger partial charge in [-0.1, -0.05) is 19.1 Å². The maximum atomic E-state index is 5.76. The average molecular weight is 288 g/mol. The van der Waals surface area contributed by atoms with E-state index in [-0.39, 0.29) is 0 Å². The number of rotatable bonds is 6. The molecule has 1 aromatic rings. The van der Waals surface area contributed by atoms with Gasteiger partial charge in [0.05, 0.1) is 6.61 Å². The molecule has 3 heteroatoms. The third-order valence-electron chi connectivity index (χ3n) is 4.73. The summed E-state index contributed by atoms with van der Waals surface area (Å²) < 4.78 is 5.76. The number of hydrogen-bond acceptors (Lipinski definition) is 3. The molecule has 3 nitrogen and oxygen atoms in total. The fraction of sp³-hybridized carbons (Fsp3) is 0.667. The Kier molecular flexibility index (Phi) is 5.15. The van der Waals surface area contributed by atoms with Crippen LogP contribution in [-0.4, -0.2) is 36.7 Å². The van der Waals surface area contributed by atoms with Crippen molar-refractivity contribution in [2.45, 2.75) is 57.7 Å². The van der Waals surface area contributed by atoms with E-state index in [0.717, 1.165) is 31.4 Å². The Balaban J connectivity index is 1.62. The van der Waals surface area contributed by atoms with E-state index < -0.39 is 0 Å². The summed E-state index contributed by atoms with van der Waals surface area (Å²) in [6, 6.07) is 10.1. The van der Waals surface area contributed by atoms with Crippen LogP contribution in [0.5, 0.6) is 5.75 Å². The first-order chi connectivity index (χ1) is 10.4. The molecule has 2 atom stereocenters. The zero-order valence-electron chi connectivity index (χ0n) is 13.2. The molecule has 2 aliphatic heterocycles. The molecular formula is C18H28N2O. The van der Waals surface area contributed by atoms with Crippen LogP contribution in [0.15, 0.2) is 24.3 Å². The van der Waals surface area contributed by atoms with Crippen molar-refractivity contribution in [3.05, 3.63) is 29.8 Å². The predicted octanol–water partition coefficient (Wildman–Crippen LogP) is 3.19. The zero-order valence-corrected chi connectivity index (χ0v) is 13.2. The van der Waals surface area contributed by atoms with Crippen molar-refractivity contribution in [3.8, 4) is 5.75 Å². The Labute approximate surface area is 128 Å². The number of nitrogens with one attached hydrogen (secondary N) is 1. The van der Waals surface area contributed by atoms with Crippen molar-refractivity contribution in [2.24, 2.45) is 0 Å². The monoisotopic (exact) mass is 288 g/mol. The maximum Gasteiger partial charge on any atom is 0.119 e. The molecule has 2 unspecified atom stereocenters. The first-order valence-electron chi connectivity index (χ1n) is 8.56. The van der Waals surface area contributed by atoms with Gasteiger partial charge in [0.15, 0.2) is 0 Å². The molecule has 0 radical (unpaired) electrons. The molecule has 0 spiro atoms. The molecule has 0 amide bonds. The third kappa shape index (κ3) is 3.78. The summed E-state index contributed by atoms with van der Waals surface area (Å²) in [6.07, 6.45) is 6.44. The minimum atomic E-state index is 0.715. The Morgan fingerprint density at radius 2 is 2.24 bits per heavy atom. The average Bonchev–Trinajstić information content (AvgIpc) is 3.16. The lowest BCUT2D eigenvalue weighted by molar-refractivity contribution is 0.206. The van der Waals surface area contributed by atoms with Gasteiger partial charge in [0.1, 0.15) is 5.75 Å². The van der Waals surface area contributed by atoms with E-state index in [2.05, 4.69) is 41.4 Å². The molecule has 0 aromatic heterocycles. The molecule has 21 heavy (non-hydrogen) atoms. The van der Waals surface area contributed by atoms with Gasteiger partial charge < -0.3 is 10.1 Å². The van der Waals surface area contributed by atoms with Gasteiger partial charge in [-0.3, -0.25) is 4.90 Å². The summed E-state index contributed by atoms with van der Waals surface area (Å²) in [5.74, 6) is 1.02. The van der Waals surface area contributed by atoms with Gasteiger partial charge in [-0.25, -0.2) is 0 Å². The highest BCUT2D eigenvalue weighted by Gasteiger charge is 2.32. The lowest BCUT2D eigenvalue weighted by Crippen LogP contribution is -2.43. The van der Waals surface area contributed by atoms with Gasteiger partial charge in [-0.2, -0.15) is 0 Å². The number of benzene rings is 1. The van der Waals surface area contributed by atoms with Gasteiger partial charge in [0, 0.05) is 18.6 Å². The van der Waals surface area contributed by atoms with Crippen LogP contribution in [0.2, 0.25) is 0 Å². The summed E-state index contributed by atoms with van der Waals surface area (Å²) in [5.41, 5.74) is 1.38. The van der Waals surface area contributed by atoms with E-state index in [1.807, 2.05) is 0 Å². The van der Waals surface area contributed by atoms with Crippen LogP contribution in [0.1, 0.15) is 44.6 Å².